The molecule has 1 aromatic carbocycles. The summed E-state index contributed by atoms with van der Waals surface area (Å²) in [5, 5.41) is 5.52. The second-order valence-electron chi connectivity index (χ2n) is 5.16. The van der Waals surface area contributed by atoms with Gasteiger partial charge in [0.05, 0.1) is 11.3 Å². The summed E-state index contributed by atoms with van der Waals surface area (Å²) in [4.78, 5) is 26.4. The van der Waals surface area contributed by atoms with E-state index in [9.17, 15) is 9.59 Å². The molecule has 2 amide bonds. The summed E-state index contributed by atoms with van der Waals surface area (Å²) in [6.07, 6.45) is 0. The summed E-state index contributed by atoms with van der Waals surface area (Å²) >= 11 is 3.15. The molecule has 0 aliphatic carbocycles. The molecule has 0 saturated carbocycles. The number of nitrogens with one attached hydrogen (secondary N) is 2. The van der Waals surface area contributed by atoms with Crippen LogP contribution in [0.3, 0.4) is 0 Å². The molecule has 0 saturated heterocycles. The van der Waals surface area contributed by atoms with E-state index in [0.717, 1.165) is 6.54 Å². The lowest BCUT2D eigenvalue weighted by molar-refractivity contribution is 0.0952. The Morgan fingerprint density at radius 2 is 1.83 bits per heavy atom. The topological polar surface area (TPSA) is 74.6 Å². The molecule has 1 heterocycles. The molecule has 0 aliphatic rings. The molecule has 0 fully saturated rings. The summed E-state index contributed by atoms with van der Waals surface area (Å²) < 4.78 is 5.68. The molecule has 0 bridgehead atoms. The molecule has 0 atom stereocenters. The van der Waals surface area contributed by atoms with Crippen LogP contribution in [0.4, 0.5) is 5.69 Å². The first-order valence-electron chi connectivity index (χ1n) is 7.06. The Morgan fingerprint density at radius 3 is 2.46 bits per heavy atom. The van der Waals surface area contributed by atoms with Crippen molar-refractivity contribution in [2.24, 2.45) is 0 Å². The summed E-state index contributed by atoms with van der Waals surface area (Å²) in [5.74, 6) is -0.479. The minimum absolute atomic E-state index is 0. The third-order valence-corrected chi connectivity index (χ3v) is 3.49. The minimum Gasteiger partial charge on any atom is -0.444 e. The highest BCUT2D eigenvalue weighted by Crippen LogP contribution is 2.18. The van der Waals surface area contributed by atoms with Crippen LogP contribution in [0.1, 0.15) is 20.9 Å². The van der Waals surface area contributed by atoms with E-state index in [0.29, 0.717) is 22.5 Å². The first-order chi connectivity index (χ1) is 11.0. The van der Waals surface area contributed by atoms with Gasteiger partial charge in [-0.1, -0.05) is 12.1 Å². The van der Waals surface area contributed by atoms with E-state index < -0.39 is 5.91 Å². The molecule has 2 rings (SSSR count). The van der Waals surface area contributed by atoms with Gasteiger partial charge >= 0.3 is 0 Å². The summed E-state index contributed by atoms with van der Waals surface area (Å²) in [5.41, 5.74) is 0.845. The van der Waals surface area contributed by atoms with Gasteiger partial charge in [0.2, 0.25) is 0 Å². The number of benzene rings is 1. The Bertz CT molecular complexity index is 703. The number of halogens is 2. The number of rotatable bonds is 6. The number of hydrogen-bond donors (Lipinski definition) is 2. The van der Waals surface area contributed by atoms with E-state index in [2.05, 4.69) is 26.6 Å². The lowest BCUT2D eigenvalue weighted by atomic mass is 10.1. The summed E-state index contributed by atoms with van der Waals surface area (Å²) in [7, 11) is 3.86. The monoisotopic (exact) mass is 415 g/mol. The Hall–Kier alpha value is -1.83. The van der Waals surface area contributed by atoms with Crippen LogP contribution in [-0.4, -0.2) is 43.9 Å². The normalized spacial score (nSPS) is 10.2. The van der Waals surface area contributed by atoms with Crippen molar-refractivity contribution in [1.29, 1.82) is 0 Å². The van der Waals surface area contributed by atoms with Crippen molar-refractivity contribution < 1.29 is 14.0 Å². The fourth-order valence-electron chi connectivity index (χ4n) is 1.90. The van der Waals surface area contributed by atoms with Gasteiger partial charge in [0.25, 0.3) is 11.8 Å². The fraction of sp³-hybridized carbons (Fsp3) is 0.250. The molecule has 0 unspecified atom stereocenters. The first-order valence-corrected chi connectivity index (χ1v) is 7.85. The van der Waals surface area contributed by atoms with Gasteiger partial charge in [-0.05, 0) is 54.3 Å². The van der Waals surface area contributed by atoms with Crippen LogP contribution in [0.5, 0.6) is 0 Å². The largest absolute Gasteiger partial charge is 0.444 e. The molecule has 0 spiro atoms. The van der Waals surface area contributed by atoms with E-state index in [4.69, 9.17) is 4.42 Å². The highest BCUT2D eigenvalue weighted by atomic mass is 79.9. The third kappa shape index (κ3) is 5.67. The number of carbonyl (C=O) groups is 2. The van der Waals surface area contributed by atoms with Crippen molar-refractivity contribution in [2.75, 3.05) is 32.5 Å². The Balaban J connectivity index is 0.00000288. The van der Waals surface area contributed by atoms with Crippen molar-refractivity contribution in [3.8, 4) is 0 Å². The number of para-hydroxylation sites is 1. The number of anilines is 1. The van der Waals surface area contributed by atoms with Crippen LogP contribution in [0.25, 0.3) is 0 Å². The number of carbonyl (C=O) groups excluding carboxylic acids is 2. The second kappa shape index (κ2) is 9.46. The van der Waals surface area contributed by atoms with Crippen molar-refractivity contribution in [1.82, 2.24) is 10.2 Å². The van der Waals surface area contributed by atoms with Crippen LogP contribution in [0, 0.1) is 0 Å². The van der Waals surface area contributed by atoms with Gasteiger partial charge in [0, 0.05) is 13.1 Å². The zero-order chi connectivity index (χ0) is 16.8. The molecule has 2 N–H and O–H groups in total. The standard InChI is InChI=1S/C16H18BrN3O3.ClH/c1-20(2)10-9-18-15(21)11-5-3-4-6-12(11)19-16(22)13-7-8-14(17)23-13;/h3-8H,9-10H2,1-2H3,(H,18,21)(H,19,22);1H. The maximum Gasteiger partial charge on any atom is 0.291 e. The summed E-state index contributed by atoms with van der Waals surface area (Å²) in [6, 6.07) is 10.0. The van der Waals surface area contributed by atoms with E-state index in [1.54, 1.807) is 36.4 Å². The van der Waals surface area contributed by atoms with E-state index in [-0.39, 0.29) is 24.1 Å². The molecular weight excluding hydrogens is 398 g/mol. The maximum absolute atomic E-state index is 12.3. The number of hydrogen-bond acceptors (Lipinski definition) is 4. The second-order valence-corrected chi connectivity index (χ2v) is 5.94. The van der Waals surface area contributed by atoms with Gasteiger partial charge in [0.15, 0.2) is 10.4 Å². The number of nitrogens with zero attached hydrogens (tertiary/aromatic N) is 1. The molecule has 6 nitrogen and oxygen atoms in total. The van der Waals surface area contributed by atoms with Gasteiger partial charge < -0.3 is 20.0 Å². The molecule has 0 radical (unpaired) electrons. The van der Waals surface area contributed by atoms with Crippen LogP contribution < -0.4 is 10.6 Å². The zero-order valence-electron chi connectivity index (χ0n) is 13.3. The minimum atomic E-state index is -0.413. The third-order valence-electron chi connectivity index (χ3n) is 3.06. The van der Waals surface area contributed by atoms with E-state index >= 15 is 0 Å². The molecule has 2 aromatic rings. The highest BCUT2D eigenvalue weighted by Gasteiger charge is 2.15. The predicted molar refractivity (Wildman–Crippen MR) is 98.9 cm³/mol. The smallest absolute Gasteiger partial charge is 0.291 e. The van der Waals surface area contributed by atoms with Gasteiger partial charge in [-0.25, -0.2) is 0 Å². The lowest BCUT2D eigenvalue weighted by Gasteiger charge is -2.13. The highest BCUT2D eigenvalue weighted by molar-refractivity contribution is 9.10. The molecule has 0 aliphatic heterocycles. The van der Waals surface area contributed by atoms with Crippen molar-refractivity contribution in [3.63, 3.8) is 0 Å². The van der Waals surface area contributed by atoms with Gasteiger partial charge in [0.1, 0.15) is 0 Å². The van der Waals surface area contributed by atoms with Gasteiger partial charge in [-0.15, -0.1) is 12.4 Å². The number of furan rings is 1. The van der Waals surface area contributed by atoms with Crippen molar-refractivity contribution in [3.05, 3.63) is 52.4 Å². The van der Waals surface area contributed by atoms with E-state index in [1.807, 2.05) is 19.0 Å². The van der Waals surface area contributed by atoms with Crippen LogP contribution in [0.15, 0.2) is 45.5 Å². The Labute approximate surface area is 155 Å². The molecule has 8 heteroatoms. The Morgan fingerprint density at radius 1 is 1.12 bits per heavy atom. The van der Waals surface area contributed by atoms with Gasteiger partial charge in [-0.3, -0.25) is 9.59 Å². The van der Waals surface area contributed by atoms with Crippen molar-refractivity contribution >= 4 is 45.8 Å². The summed E-state index contributed by atoms with van der Waals surface area (Å²) in [6.45, 7) is 1.26. The molecule has 130 valence electrons. The number of likely N-dealkylation sites (N-methyl/N-ethyl adjacent to an activating group) is 1. The van der Waals surface area contributed by atoms with E-state index in [1.165, 1.54) is 0 Å². The van der Waals surface area contributed by atoms with Crippen molar-refractivity contribution in [2.45, 2.75) is 0 Å². The van der Waals surface area contributed by atoms with Gasteiger partial charge in [-0.2, -0.15) is 0 Å². The average Bonchev–Trinajstić information content (AvgIpc) is 2.94. The Kier molecular flexibility index (Phi) is 7.97. The molecular formula is C16H19BrClN3O3. The van der Waals surface area contributed by atoms with Crippen LogP contribution in [-0.2, 0) is 0 Å². The SMILES string of the molecule is CN(C)CCNC(=O)c1ccccc1NC(=O)c1ccc(Br)o1.Cl. The number of amides is 2. The fourth-order valence-corrected chi connectivity index (χ4v) is 2.21. The zero-order valence-corrected chi connectivity index (χ0v) is 15.7. The first kappa shape index (κ1) is 20.2. The van der Waals surface area contributed by atoms with Crippen LogP contribution in [0.2, 0.25) is 0 Å². The molecule has 1 aromatic heterocycles. The maximum atomic E-state index is 12.3. The molecule has 24 heavy (non-hydrogen) atoms. The quantitative estimate of drug-likeness (QED) is 0.759. The van der Waals surface area contributed by atoms with Crippen LogP contribution >= 0.6 is 28.3 Å². The average molecular weight is 417 g/mol. The lowest BCUT2D eigenvalue weighted by Crippen LogP contribution is -2.32. The predicted octanol–water partition coefficient (Wildman–Crippen LogP) is 3.01.